The SMILES string of the molecule is CC1C(C#C[Si](C)(C)C)=NN(c2ccc(Cl)cc2)C(=O)C1C#N. The van der Waals surface area contributed by atoms with Crippen LogP contribution in [0.15, 0.2) is 29.4 Å². The molecule has 1 amide bonds. The Morgan fingerprint density at radius 3 is 2.39 bits per heavy atom. The van der Waals surface area contributed by atoms with Crippen LogP contribution in [-0.2, 0) is 4.79 Å². The summed E-state index contributed by atoms with van der Waals surface area (Å²) < 4.78 is 0. The quantitative estimate of drug-likeness (QED) is 0.576. The predicted octanol–water partition coefficient (Wildman–Crippen LogP) is 3.70. The lowest BCUT2D eigenvalue weighted by Crippen LogP contribution is -2.43. The van der Waals surface area contributed by atoms with Crippen molar-refractivity contribution in [3.8, 4) is 17.5 Å². The van der Waals surface area contributed by atoms with Gasteiger partial charge in [0.1, 0.15) is 19.7 Å². The van der Waals surface area contributed by atoms with Crippen molar-refractivity contribution < 1.29 is 4.79 Å². The van der Waals surface area contributed by atoms with E-state index in [0.29, 0.717) is 16.4 Å². The van der Waals surface area contributed by atoms with Gasteiger partial charge in [0.15, 0.2) is 0 Å². The molecule has 2 rings (SSSR count). The molecule has 0 bridgehead atoms. The summed E-state index contributed by atoms with van der Waals surface area (Å²) in [5.74, 6) is 1.68. The normalized spacial score (nSPS) is 21.1. The van der Waals surface area contributed by atoms with Crippen molar-refractivity contribution >= 4 is 37.0 Å². The number of nitriles is 1. The zero-order valence-corrected chi connectivity index (χ0v) is 15.3. The third kappa shape index (κ3) is 4.01. The van der Waals surface area contributed by atoms with Gasteiger partial charge in [0.05, 0.1) is 11.8 Å². The molecule has 1 aliphatic rings. The predicted molar refractivity (Wildman–Crippen MR) is 95.8 cm³/mol. The Kier molecular flexibility index (Phi) is 4.94. The van der Waals surface area contributed by atoms with E-state index in [9.17, 15) is 10.1 Å². The largest absolute Gasteiger partial charge is 0.271 e. The minimum absolute atomic E-state index is 0.306. The van der Waals surface area contributed by atoms with Gasteiger partial charge < -0.3 is 0 Å². The molecule has 0 spiro atoms. The number of rotatable bonds is 1. The van der Waals surface area contributed by atoms with Gasteiger partial charge in [-0.25, -0.2) is 0 Å². The van der Waals surface area contributed by atoms with E-state index in [4.69, 9.17) is 11.6 Å². The van der Waals surface area contributed by atoms with E-state index < -0.39 is 14.0 Å². The summed E-state index contributed by atoms with van der Waals surface area (Å²) in [6, 6.07) is 8.87. The maximum atomic E-state index is 12.5. The summed E-state index contributed by atoms with van der Waals surface area (Å²) in [6.45, 7) is 8.23. The smallest absolute Gasteiger partial charge is 0.265 e. The van der Waals surface area contributed by atoms with Crippen LogP contribution in [0.5, 0.6) is 0 Å². The molecule has 1 aromatic carbocycles. The van der Waals surface area contributed by atoms with Gasteiger partial charge in [-0.15, -0.1) is 5.54 Å². The van der Waals surface area contributed by atoms with Crippen LogP contribution in [0.2, 0.25) is 24.7 Å². The summed E-state index contributed by atoms with van der Waals surface area (Å²) in [4.78, 5) is 12.5. The number of hydrogen-bond acceptors (Lipinski definition) is 3. The van der Waals surface area contributed by atoms with Crippen LogP contribution in [0.4, 0.5) is 5.69 Å². The fourth-order valence-corrected chi connectivity index (χ4v) is 2.71. The Labute approximate surface area is 142 Å². The number of anilines is 1. The topological polar surface area (TPSA) is 56.5 Å². The van der Waals surface area contributed by atoms with Crippen LogP contribution in [0, 0.1) is 34.6 Å². The summed E-state index contributed by atoms with van der Waals surface area (Å²) in [6.07, 6.45) is 0. The molecular formula is C17H18ClN3OSi. The lowest BCUT2D eigenvalue weighted by molar-refractivity contribution is -0.121. The minimum atomic E-state index is -1.57. The number of benzene rings is 1. The molecule has 0 aromatic heterocycles. The second-order valence-corrected chi connectivity index (χ2v) is 11.7. The van der Waals surface area contributed by atoms with Crippen molar-refractivity contribution in [1.82, 2.24) is 0 Å². The van der Waals surface area contributed by atoms with Crippen molar-refractivity contribution in [1.29, 1.82) is 5.26 Å². The monoisotopic (exact) mass is 343 g/mol. The number of hydrogen-bond donors (Lipinski definition) is 0. The maximum Gasteiger partial charge on any atom is 0.265 e. The standard InChI is InChI=1S/C17H18ClN3OSi/c1-12-15(11-19)17(22)21(14-7-5-13(18)6-8-14)20-16(12)9-10-23(2,3)4/h5-8,12,15H,1-4H3. The number of amides is 1. The Hall–Kier alpha value is -2.08. The van der Waals surface area contributed by atoms with E-state index in [1.807, 2.05) is 6.92 Å². The van der Waals surface area contributed by atoms with E-state index in [1.54, 1.807) is 24.3 Å². The van der Waals surface area contributed by atoms with Gasteiger partial charge in [-0.05, 0) is 24.3 Å². The third-order valence-corrected chi connectivity index (χ3v) is 4.52. The molecule has 1 aromatic rings. The first-order valence-electron chi connectivity index (χ1n) is 7.34. The second kappa shape index (κ2) is 6.58. The lowest BCUT2D eigenvalue weighted by Gasteiger charge is -2.29. The zero-order chi connectivity index (χ0) is 17.2. The van der Waals surface area contributed by atoms with E-state index in [1.165, 1.54) is 5.01 Å². The third-order valence-electron chi connectivity index (χ3n) is 3.39. The second-order valence-electron chi connectivity index (χ2n) is 6.51. The molecule has 0 fully saturated rings. The molecule has 0 radical (unpaired) electrons. The maximum absolute atomic E-state index is 12.5. The number of carbonyl (C=O) groups is 1. The molecule has 2 unspecified atom stereocenters. The summed E-state index contributed by atoms with van der Waals surface area (Å²) in [5.41, 5.74) is 4.41. The van der Waals surface area contributed by atoms with Gasteiger partial charge in [0.2, 0.25) is 0 Å². The van der Waals surface area contributed by atoms with Crippen LogP contribution in [0.3, 0.4) is 0 Å². The fourth-order valence-electron chi connectivity index (χ4n) is 2.08. The number of hydrazone groups is 1. The molecule has 0 N–H and O–H groups in total. The Bertz CT molecular complexity index is 747. The number of halogens is 1. The van der Waals surface area contributed by atoms with Gasteiger partial charge in [-0.3, -0.25) is 4.79 Å². The van der Waals surface area contributed by atoms with E-state index in [2.05, 4.69) is 42.3 Å². The molecule has 118 valence electrons. The van der Waals surface area contributed by atoms with Crippen molar-refractivity contribution in [2.24, 2.45) is 16.9 Å². The molecule has 0 saturated carbocycles. The molecule has 6 heteroatoms. The minimum Gasteiger partial charge on any atom is -0.271 e. The Morgan fingerprint density at radius 1 is 1.26 bits per heavy atom. The summed E-state index contributed by atoms with van der Waals surface area (Å²) in [7, 11) is -1.57. The first kappa shape index (κ1) is 17.3. The Morgan fingerprint density at radius 2 is 1.87 bits per heavy atom. The van der Waals surface area contributed by atoms with Gasteiger partial charge in [0.25, 0.3) is 5.91 Å². The zero-order valence-electron chi connectivity index (χ0n) is 13.6. The number of nitrogens with zero attached hydrogens (tertiary/aromatic N) is 3. The van der Waals surface area contributed by atoms with Crippen molar-refractivity contribution in [3.63, 3.8) is 0 Å². The highest BCUT2D eigenvalue weighted by Crippen LogP contribution is 2.27. The molecule has 1 heterocycles. The highest BCUT2D eigenvalue weighted by atomic mass is 35.5. The van der Waals surface area contributed by atoms with Crippen LogP contribution >= 0.6 is 11.6 Å². The van der Waals surface area contributed by atoms with Crippen LogP contribution in [0.25, 0.3) is 0 Å². The van der Waals surface area contributed by atoms with Gasteiger partial charge in [0, 0.05) is 10.9 Å². The van der Waals surface area contributed by atoms with Gasteiger partial charge in [-0.2, -0.15) is 15.4 Å². The fraction of sp³-hybridized carbons (Fsp3) is 0.353. The average Bonchev–Trinajstić information content (AvgIpc) is 2.47. The molecule has 23 heavy (non-hydrogen) atoms. The highest BCUT2D eigenvalue weighted by Gasteiger charge is 2.37. The first-order valence-corrected chi connectivity index (χ1v) is 11.2. The van der Waals surface area contributed by atoms with E-state index >= 15 is 0 Å². The van der Waals surface area contributed by atoms with Gasteiger partial charge >= 0.3 is 0 Å². The van der Waals surface area contributed by atoms with E-state index in [0.717, 1.165) is 0 Å². The van der Waals surface area contributed by atoms with Gasteiger partial charge in [-0.1, -0.05) is 44.1 Å². The summed E-state index contributed by atoms with van der Waals surface area (Å²) in [5, 5.41) is 15.6. The average molecular weight is 344 g/mol. The molecule has 1 aliphatic heterocycles. The van der Waals surface area contributed by atoms with Crippen LogP contribution in [-0.4, -0.2) is 19.7 Å². The molecule has 2 atom stereocenters. The molecule has 0 saturated heterocycles. The number of carbonyl (C=O) groups excluding carboxylic acids is 1. The van der Waals surface area contributed by atoms with Crippen LogP contribution < -0.4 is 5.01 Å². The molecule has 0 aliphatic carbocycles. The lowest BCUT2D eigenvalue weighted by atomic mass is 9.88. The first-order chi connectivity index (χ1) is 10.7. The van der Waals surface area contributed by atoms with Crippen LogP contribution in [0.1, 0.15) is 6.92 Å². The van der Waals surface area contributed by atoms with Crippen molar-refractivity contribution in [2.75, 3.05) is 5.01 Å². The van der Waals surface area contributed by atoms with Crippen molar-refractivity contribution in [3.05, 3.63) is 29.3 Å². The molecular weight excluding hydrogens is 326 g/mol. The summed E-state index contributed by atoms with van der Waals surface area (Å²) >= 11 is 5.89. The van der Waals surface area contributed by atoms with E-state index in [-0.39, 0.29) is 11.8 Å². The highest BCUT2D eigenvalue weighted by molar-refractivity contribution is 6.84. The Balaban J connectivity index is 2.49. The molecule has 4 nitrogen and oxygen atoms in total. The van der Waals surface area contributed by atoms with Crippen molar-refractivity contribution in [2.45, 2.75) is 26.6 Å².